The molecule has 4 rings (SSSR count). The molecule has 1 amide bonds. The third kappa shape index (κ3) is 4.17. The molecule has 1 fully saturated rings. The van der Waals surface area contributed by atoms with Crippen molar-refractivity contribution in [1.82, 2.24) is 4.98 Å². The van der Waals surface area contributed by atoms with Crippen LogP contribution in [0.3, 0.4) is 0 Å². The van der Waals surface area contributed by atoms with Crippen LogP contribution in [0.25, 0.3) is 5.76 Å². The molecular formula is C27H25FN2O4. The van der Waals surface area contributed by atoms with Crippen LogP contribution >= 0.6 is 0 Å². The van der Waals surface area contributed by atoms with Gasteiger partial charge >= 0.3 is 0 Å². The van der Waals surface area contributed by atoms with Gasteiger partial charge in [-0.05, 0) is 72.5 Å². The maximum Gasteiger partial charge on any atom is 0.300 e. The van der Waals surface area contributed by atoms with E-state index in [2.05, 4.69) is 4.98 Å². The van der Waals surface area contributed by atoms with Gasteiger partial charge in [0.1, 0.15) is 17.3 Å². The SMILES string of the molecule is CCOc1ccc(/C(O)=C2/C(=O)C(=O)N(c3ccc(F)cc3)C2c2cccnc2)cc1C(C)C. The first-order chi connectivity index (χ1) is 16.3. The molecule has 7 heteroatoms. The number of ether oxygens (including phenoxy) is 1. The Morgan fingerprint density at radius 3 is 2.50 bits per heavy atom. The van der Waals surface area contributed by atoms with Crippen LogP contribution in [0.5, 0.6) is 5.75 Å². The molecule has 1 atom stereocenters. The molecule has 0 radical (unpaired) electrons. The highest BCUT2D eigenvalue weighted by molar-refractivity contribution is 6.51. The van der Waals surface area contributed by atoms with Gasteiger partial charge in [0.25, 0.3) is 11.7 Å². The number of halogens is 1. The predicted octanol–water partition coefficient (Wildman–Crippen LogP) is 5.37. The molecule has 1 aliphatic heterocycles. The number of carbonyl (C=O) groups excluding carboxylic acids is 2. The van der Waals surface area contributed by atoms with E-state index >= 15 is 0 Å². The quantitative estimate of drug-likeness (QED) is 0.304. The number of carbonyl (C=O) groups is 2. The number of aliphatic hydroxyl groups excluding tert-OH is 1. The van der Waals surface area contributed by atoms with Crippen molar-refractivity contribution in [3.8, 4) is 5.75 Å². The van der Waals surface area contributed by atoms with E-state index in [-0.39, 0.29) is 17.3 Å². The summed E-state index contributed by atoms with van der Waals surface area (Å²) in [6.07, 6.45) is 3.12. The Hall–Kier alpha value is -4.00. The van der Waals surface area contributed by atoms with Crippen LogP contribution in [0.1, 0.15) is 49.4 Å². The van der Waals surface area contributed by atoms with Gasteiger partial charge in [0.15, 0.2) is 0 Å². The second-order valence-electron chi connectivity index (χ2n) is 8.27. The third-order valence-corrected chi connectivity index (χ3v) is 5.75. The topological polar surface area (TPSA) is 79.7 Å². The Morgan fingerprint density at radius 2 is 1.88 bits per heavy atom. The first kappa shape index (κ1) is 23.2. The Kier molecular flexibility index (Phi) is 6.45. The zero-order valence-electron chi connectivity index (χ0n) is 19.2. The molecule has 2 aromatic carbocycles. The number of ketones is 1. The van der Waals surface area contributed by atoms with E-state index in [1.54, 1.807) is 36.5 Å². The second kappa shape index (κ2) is 9.47. The van der Waals surface area contributed by atoms with Crippen molar-refractivity contribution < 1.29 is 23.8 Å². The lowest BCUT2D eigenvalue weighted by Gasteiger charge is -2.25. The number of nitrogens with zero attached hydrogens (tertiary/aromatic N) is 2. The monoisotopic (exact) mass is 460 g/mol. The Balaban J connectivity index is 1.91. The lowest BCUT2D eigenvalue weighted by molar-refractivity contribution is -0.132. The Bertz CT molecular complexity index is 1250. The summed E-state index contributed by atoms with van der Waals surface area (Å²) in [6, 6.07) is 13.0. The van der Waals surface area contributed by atoms with Gasteiger partial charge in [-0.25, -0.2) is 4.39 Å². The Morgan fingerprint density at radius 1 is 1.15 bits per heavy atom. The first-order valence-electron chi connectivity index (χ1n) is 11.1. The van der Waals surface area contributed by atoms with E-state index < -0.39 is 23.5 Å². The molecule has 0 saturated carbocycles. The van der Waals surface area contributed by atoms with E-state index in [1.165, 1.54) is 35.4 Å². The second-order valence-corrected chi connectivity index (χ2v) is 8.27. The van der Waals surface area contributed by atoms with Crippen molar-refractivity contribution in [2.24, 2.45) is 0 Å². The average Bonchev–Trinajstić information content (AvgIpc) is 3.10. The molecule has 34 heavy (non-hydrogen) atoms. The van der Waals surface area contributed by atoms with Crippen LogP contribution in [-0.4, -0.2) is 28.4 Å². The van der Waals surface area contributed by atoms with Gasteiger partial charge in [0.05, 0.1) is 18.2 Å². The summed E-state index contributed by atoms with van der Waals surface area (Å²) >= 11 is 0. The highest BCUT2D eigenvalue weighted by atomic mass is 19.1. The number of hydrogen-bond donors (Lipinski definition) is 1. The van der Waals surface area contributed by atoms with Gasteiger partial charge < -0.3 is 9.84 Å². The summed E-state index contributed by atoms with van der Waals surface area (Å²) < 4.78 is 19.3. The molecule has 1 saturated heterocycles. The van der Waals surface area contributed by atoms with E-state index in [1.807, 2.05) is 20.8 Å². The van der Waals surface area contributed by atoms with Crippen LogP contribution < -0.4 is 9.64 Å². The number of pyridine rings is 1. The number of anilines is 1. The van der Waals surface area contributed by atoms with Gasteiger partial charge in [-0.2, -0.15) is 0 Å². The summed E-state index contributed by atoms with van der Waals surface area (Å²) in [5.74, 6) is -1.59. The number of amides is 1. The van der Waals surface area contributed by atoms with Gasteiger partial charge in [-0.15, -0.1) is 0 Å². The van der Waals surface area contributed by atoms with E-state index in [4.69, 9.17) is 4.74 Å². The van der Waals surface area contributed by atoms with E-state index in [0.717, 1.165) is 5.56 Å². The van der Waals surface area contributed by atoms with Crippen molar-refractivity contribution in [2.45, 2.75) is 32.7 Å². The van der Waals surface area contributed by atoms with Crippen LogP contribution in [0, 0.1) is 5.82 Å². The first-order valence-corrected chi connectivity index (χ1v) is 11.1. The van der Waals surface area contributed by atoms with Crippen LogP contribution in [0.2, 0.25) is 0 Å². The minimum atomic E-state index is -0.923. The fraction of sp³-hybridized carbons (Fsp3) is 0.222. The fourth-order valence-electron chi connectivity index (χ4n) is 4.14. The summed E-state index contributed by atoms with van der Waals surface area (Å²) in [5, 5.41) is 11.3. The minimum absolute atomic E-state index is 0.0545. The summed E-state index contributed by atoms with van der Waals surface area (Å²) in [5.41, 5.74) is 2.10. The number of Topliss-reactive ketones (excluding diaryl/α,β-unsaturated/α-hetero) is 1. The molecule has 1 aromatic heterocycles. The number of aliphatic hydroxyl groups is 1. The lowest BCUT2D eigenvalue weighted by atomic mass is 9.93. The summed E-state index contributed by atoms with van der Waals surface area (Å²) in [4.78, 5) is 31.7. The maximum absolute atomic E-state index is 13.5. The number of hydrogen-bond acceptors (Lipinski definition) is 5. The van der Waals surface area contributed by atoms with Gasteiger partial charge in [0.2, 0.25) is 0 Å². The molecule has 174 valence electrons. The molecule has 0 bridgehead atoms. The highest BCUT2D eigenvalue weighted by Gasteiger charge is 2.47. The van der Waals surface area contributed by atoms with Gasteiger partial charge in [0, 0.05) is 23.6 Å². The molecular weight excluding hydrogens is 435 g/mol. The molecule has 3 aromatic rings. The molecule has 1 unspecified atom stereocenters. The van der Waals surface area contributed by atoms with E-state index in [0.29, 0.717) is 29.2 Å². The van der Waals surface area contributed by atoms with Gasteiger partial charge in [-0.1, -0.05) is 19.9 Å². The number of rotatable bonds is 6. The van der Waals surface area contributed by atoms with Gasteiger partial charge in [-0.3, -0.25) is 19.5 Å². The van der Waals surface area contributed by atoms with Crippen molar-refractivity contribution in [3.63, 3.8) is 0 Å². The van der Waals surface area contributed by atoms with E-state index in [9.17, 15) is 19.1 Å². The zero-order chi connectivity index (χ0) is 24.4. The molecule has 1 aliphatic rings. The van der Waals surface area contributed by atoms with Crippen LogP contribution in [0.4, 0.5) is 10.1 Å². The smallest absolute Gasteiger partial charge is 0.300 e. The molecule has 2 heterocycles. The minimum Gasteiger partial charge on any atom is -0.507 e. The maximum atomic E-state index is 13.5. The predicted molar refractivity (Wildman–Crippen MR) is 127 cm³/mol. The van der Waals surface area contributed by atoms with Crippen molar-refractivity contribution >= 4 is 23.1 Å². The largest absolute Gasteiger partial charge is 0.507 e. The number of benzene rings is 2. The molecule has 1 N–H and O–H groups in total. The average molecular weight is 461 g/mol. The molecule has 6 nitrogen and oxygen atoms in total. The zero-order valence-corrected chi connectivity index (χ0v) is 19.2. The fourth-order valence-corrected chi connectivity index (χ4v) is 4.14. The van der Waals surface area contributed by atoms with Crippen LogP contribution in [0.15, 0.2) is 72.6 Å². The van der Waals surface area contributed by atoms with Crippen molar-refractivity contribution in [2.75, 3.05) is 11.5 Å². The van der Waals surface area contributed by atoms with Crippen LogP contribution in [-0.2, 0) is 9.59 Å². The number of aromatic nitrogens is 1. The summed E-state index contributed by atoms with van der Waals surface area (Å²) in [7, 11) is 0. The van der Waals surface area contributed by atoms with Crippen molar-refractivity contribution in [3.05, 3.63) is 95.1 Å². The van der Waals surface area contributed by atoms with Crippen molar-refractivity contribution in [1.29, 1.82) is 0 Å². The Labute approximate surface area is 197 Å². The normalized spacial score (nSPS) is 17.4. The molecule has 0 aliphatic carbocycles. The summed E-state index contributed by atoms with van der Waals surface area (Å²) in [6.45, 7) is 6.40. The third-order valence-electron chi connectivity index (χ3n) is 5.75. The highest BCUT2D eigenvalue weighted by Crippen LogP contribution is 2.42. The lowest BCUT2D eigenvalue weighted by Crippen LogP contribution is -2.29. The standard InChI is InChI=1S/C27H25FN2O4/c1-4-34-22-12-7-17(14-21(22)16(2)3)25(31)23-24(18-6-5-13-29-15-18)30(27(33)26(23)32)20-10-8-19(28)9-11-20/h5-16,24,31H,4H2,1-3H3/b25-23-. The molecule has 0 spiro atoms.